The summed E-state index contributed by atoms with van der Waals surface area (Å²) in [5.74, 6) is -1.86. The zero-order valence-electron chi connectivity index (χ0n) is 17.2. The van der Waals surface area contributed by atoms with Crippen molar-refractivity contribution in [2.45, 2.75) is 69.1 Å². The predicted molar refractivity (Wildman–Crippen MR) is 101 cm³/mol. The summed E-state index contributed by atoms with van der Waals surface area (Å²) < 4.78 is 61.9. The predicted octanol–water partition coefficient (Wildman–Crippen LogP) is 3.91. The summed E-state index contributed by atoms with van der Waals surface area (Å²) in [6.45, 7) is 1.53. The van der Waals surface area contributed by atoms with Crippen LogP contribution < -0.4 is 0 Å². The molecule has 1 aromatic rings. The first-order chi connectivity index (χ1) is 14.1. The lowest BCUT2D eigenvalue weighted by molar-refractivity contribution is -0.278. The van der Waals surface area contributed by atoms with Gasteiger partial charge in [0.25, 0.3) is 5.60 Å². The fraction of sp³-hybridized carbons (Fsp3) is 0.619. The van der Waals surface area contributed by atoms with Crippen molar-refractivity contribution < 1.29 is 41.7 Å². The van der Waals surface area contributed by atoms with Gasteiger partial charge in [-0.15, -0.1) is 0 Å². The third kappa shape index (κ3) is 5.51. The van der Waals surface area contributed by atoms with Gasteiger partial charge in [-0.3, -0.25) is 4.79 Å². The number of ether oxygens (including phenoxy) is 4. The average molecular weight is 432 g/mol. The van der Waals surface area contributed by atoms with Crippen LogP contribution in [0.2, 0.25) is 0 Å². The third-order valence-corrected chi connectivity index (χ3v) is 5.19. The first-order valence-electron chi connectivity index (χ1n) is 9.74. The summed E-state index contributed by atoms with van der Waals surface area (Å²) >= 11 is 0. The molecule has 0 N–H and O–H groups in total. The van der Waals surface area contributed by atoms with Gasteiger partial charge in [0, 0.05) is 12.7 Å². The van der Waals surface area contributed by atoms with Gasteiger partial charge >= 0.3 is 18.1 Å². The second-order valence-corrected chi connectivity index (χ2v) is 7.28. The van der Waals surface area contributed by atoms with Gasteiger partial charge in [-0.1, -0.05) is 30.3 Å². The van der Waals surface area contributed by atoms with Crippen molar-refractivity contribution in [1.82, 2.24) is 0 Å². The summed E-state index contributed by atoms with van der Waals surface area (Å²) in [6, 6.07) is 6.69. The topological polar surface area (TPSA) is 71.1 Å². The Morgan fingerprint density at radius 2 is 1.77 bits per heavy atom. The second kappa shape index (κ2) is 10.3. The summed E-state index contributed by atoms with van der Waals surface area (Å²) in [4.78, 5) is 23.9. The molecule has 2 rings (SSSR count). The molecule has 0 radical (unpaired) electrons. The van der Waals surface area contributed by atoms with E-state index in [0.29, 0.717) is 19.3 Å². The Morgan fingerprint density at radius 3 is 2.33 bits per heavy atom. The van der Waals surface area contributed by atoms with E-state index >= 15 is 0 Å². The molecule has 0 bridgehead atoms. The number of carbonyl (C=O) groups is 2. The Labute approximate surface area is 173 Å². The molecule has 1 fully saturated rings. The second-order valence-electron chi connectivity index (χ2n) is 7.28. The van der Waals surface area contributed by atoms with Crippen molar-refractivity contribution in [3.8, 4) is 0 Å². The summed E-state index contributed by atoms with van der Waals surface area (Å²) in [5, 5.41) is 0. The van der Waals surface area contributed by atoms with Crippen LogP contribution in [-0.4, -0.2) is 50.6 Å². The third-order valence-electron chi connectivity index (χ3n) is 5.19. The number of halogens is 3. The zero-order chi connectivity index (χ0) is 22.4. The van der Waals surface area contributed by atoms with E-state index < -0.39 is 23.9 Å². The number of carbonyl (C=O) groups excluding carboxylic acids is 2. The van der Waals surface area contributed by atoms with Crippen LogP contribution in [0.3, 0.4) is 0 Å². The maximum Gasteiger partial charge on any atom is 0.432 e. The highest BCUT2D eigenvalue weighted by molar-refractivity contribution is 5.82. The van der Waals surface area contributed by atoms with Crippen molar-refractivity contribution in [2.24, 2.45) is 0 Å². The highest BCUT2D eigenvalue weighted by Crippen LogP contribution is 2.43. The molecule has 1 aliphatic heterocycles. The minimum Gasteiger partial charge on any atom is -0.469 e. The highest BCUT2D eigenvalue weighted by Gasteiger charge is 2.64. The van der Waals surface area contributed by atoms with Gasteiger partial charge in [0.1, 0.15) is 0 Å². The number of esters is 2. The van der Waals surface area contributed by atoms with Crippen molar-refractivity contribution >= 4 is 11.9 Å². The zero-order valence-corrected chi connectivity index (χ0v) is 17.2. The SMILES string of the molecule is COC(=O)C[C@@H]1CCC(CC[C@@H](C)OC(=O)[C@@](OC)(c2ccccc2)C(F)(F)F)O1. The van der Waals surface area contributed by atoms with Gasteiger partial charge in [-0.2, -0.15) is 13.2 Å². The summed E-state index contributed by atoms with van der Waals surface area (Å²) in [6.07, 6.45) is -3.78. The number of methoxy groups -OCH3 is 2. The standard InChI is InChI=1S/C21H27F3O6/c1-14(9-10-16-11-12-17(30-16)13-18(25)27-2)29-19(26)20(28-3,21(22,23)24)15-7-5-4-6-8-15/h4-8,14,16-17H,9-13H2,1-3H3/t14-,16?,17+,20+/m1/s1. The Kier molecular flexibility index (Phi) is 8.25. The van der Waals surface area contributed by atoms with E-state index in [-0.39, 0.29) is 30.2 Å². The van der Waals surface area contributed by atoms with E-state index in [1.165, 1.54) is 38.3 Å². The van der Waals surface area contributed by atoms with Gasteiger partial charge in [0.2, 0.25) is 0 Å². The molecule has 1 aliphatic rings. The number of benzene rings is 1. The van der Waals surface area contributed by atoms with Crippen molar-refractivity contribution in [2.75, 3.05) is 14.2 Å². The van der Waals surface area contributed by atoms with Gasteiger partial charge in [-0.25, -0.2) is 4.79 Å². The largest absolute Gasteiger partial charge is 0.469 e. The monoisotopic (exact) mass is 432 g/mol. The smallest absolute Gasteiger partial charge is 0.432 e. The number of rotatable bonds is 9. The lowest BCUT2D eigenvalue weighted by Crippen LogP contribution is -2.52. The van der Waals surface area contributed by atoms with Crippen molar-refractivity contribution in [3.05, 3.63) is 35.9 Å². The minimum absolute atomic E-state index is 0.148. The highest BCUT2D eigenvalue weighted by atomic mass is 19.4. The molecule has 1 heterocycles. The molecule has 6 nitrogen and oxygen atoms in total. The van der Waals surface area contributed by atoms with E-state index in [9.17, 15) is 22.8 Å². The lowest BCUT2D eigenvalue weighted by Gasteiger charge is -2.33. The van der Waals surface area contributed by atoms with Gasteiger partial charge in [0.15, 0.2) is 0 Å². The van der Waals surface area contributed by atoms with E-state index in [2.05, 4.69) is 4.74 Å². The fourth-order valence-corrected chi connectivity index (χ4v) is 3.54. The van der Waals surface area contributed by atoms with Crippen LogP contribution in [0.15, 0.2) is 30.3 Å². The molecule has 0 saturated carbocycles. The molecule has 4 atom stereocenters. The van der Waals surface area contributed by atoms with Crippen LogP contribution in [0.4, 0.5) is 13.2 Å². The Morgan fingerprint density at radius 1 is 1.13 bits per heavy atom. The summed E-state index contributed by atoms with van der Waals surface area (Å²) in [7, 11) is 2.14. The molecule has 0 spiro atoms. The van der Waals surface area contributed by atoms with Crippen LogP contribution in [0.25, 0.3) is 0 Å². The van der Waals surface area contributed by atoms with Crippen LogP contribution in [-0.2, 0) is 34.1 Å². The molecule has 9 heteroatoms. The average Bonchev–Trinajstić information content (AvgIpc) is 3.14. The van der Waals surface area contributed by atoms with Crippen LogP contribution in [0.1, 0.15) is 44.6 Å². The normalized spacial score (nSPS) is 22.2. The van der Waals surface area contributed by atoms with Gasteiger partial charge in [-0.05, 0) is 32.6 Å². The molecular formula is C21H27F3O6. The Bertz CT molecular complexity index is 708. The lowest BCUT2D eigenvalue weighted by atomic mass is 9.92. The summed E-state index contributed by atoms with van der Waals surface area (Å²) in [5.41, 5.74) is -3.54. The molecule has 0 aliphatic carbocycles. The number of alkyl halides is 3. The molecule has 1 saturated heterocycles. The molecule has 1 unspecified atom stereocenters. The van der Waals surface area contributed by atoms with Crippen LogP contribution in [0.5, 0.6) is 0 Å². The van der Waals surface area contributed by atoms with Gasteiger partial charge < -0.3 is 18.9 Å². The Hall–Kier alpha value is -2.13. The van der Waals surface area contributed by atoms with E-state index in [1.807, 2.05) is 0 Å². The van der Waals surface area contributed by atoms with Crippen molar-refractivity contribution in [3.63, 3.8) is 0 Å². The maximum atomic E-state index is 13.9. The van der Waals surface area contributed by atoms with E-state index in [1.54, 1.807) is 6.07 Å². The molecule has 168 valence electrons. The first kappa shape index (κ1) is 24.1. The van der Waals surface area contributed by atoms with Gasteiger partial charge in [0.05, 0.1) is 31.8 Å². The minimum atomic E-state index is -5.00. The quantitative estimate of drug-likeness (QED) is 0.551. The molecule has 1 aromatic carbocycles. The van der Waals surface area contributed by atoms with Crippen LogP contribution >= 0.6 is 0 Å². The first-order valence-corrected chi connectivity index (χ1v) is 9.74. The molecular weight excluding hydrogens is 405 g/mol. The van der Waals surface area contributed by atoms with Crippen LogP contribution in [0, 0.1) is 0 Å². The number of hydrogen-bond acceptors (Lipinski definition) is 6. The molecule has 0 amide bonds. The molecule has 0 aromatic heterocycles. The molecule has 30 heavy (non-hydrogen) atoms. The van der Waals surface area contributed by atoms with E-state index in [0.717, 1.165) is 13.5 Å². The van der Waals surface area contributed by atoms with Crippen molar-refractivity contribution in [1.29, 1.82) is 0 Å². The fourth-order valence-electron chi connectivity index (χ4n) is 3.54. The maximum absolute atomic E-state index is 13.9. The Balaban J connectivity index is 1.97. The van der Waals surface area contributed by atoms with E-state index in [4.69, 9.17) is 14.2 Å². The number of hydrogen-bond donors (Lipinski definition) is 0.